The fourth-order valence-electron chi connectivity index (χ4n) is 3.90. The van der Waals surface area contributed by atoms with Gasteiger partial charge >= 0.3 is 0 Å². The van der Waals surface area contributed by atoms with Gasteiger partial charge in [0.2, 0.25) is 0 Å². The third kappa shape index (κ3) is 4.29. The van der Waals surface area contributed by atoms with E-state index in [2.05, 4.69) is 15.2 Å². The summed E-state index contributed by atoms with van der Waals surface area (Å²) in [5.74, 6) is -0.933. The molecule has 0 aliphatic carbocycles. The van der Waals surface area contributed by atoms with Crippen molar-refractivity contribution >= 4 is 34.2 Å². The molecule has 0 spiro atoms. The molecular weight excluding hydrogens is 400 g/mol. The summed E-state index contributed by atoms with van der Waals surface area (Å²) in [5.41, 5.74) is 1.97. The lowest BCUT2D eigenvalue weighted by atomic mass is 10.1. The minimum atomic E-state index is -0.330. The molecule has 3 heterocycles. The molecule has 158 valence electrons. The fourth-order valence-corrected chi connectivity index (χ4v) is 4.60. The Morgan fingerprint density at radius 2 is 1.90 bits per heavy atom. The number of hydrogen-bond acceptors (Lipinski definition) is 6. The minimum Gasteiger partial charge on any atom is -0.298 e. The summed E-state index contributed by atoms with van der Waals surface area (Å²) in [6.45, 7) is 5.41. The standard InChI is InChI=1S/C22H26N4O3S/c1-2-3-11-26-20(28)17-8-7-15(12-18(17)21(26)29)19(27)24-22-23-16(14-30-22)13-25-9-5-4-6-10-25/h7-8,12,14H,2-6,9-11,13H2,1H3,(H,23,24,27). The van der Waals surface area contributed by atoms with Crippen molar-refractivity contribution in [3.8, 4) is 0 Å². The molecule has 0 radical (unpaired) electrons. The van der Waals surface area contributed by atoms with Crippen LogP contribution in [0, 0.1) is 0 Å². The second-order valence-electron chi connectivity index (χ2n) is 7.81. The predicted octanol–water partition coefficient (Wildman–Crippen LogP) is 3.78. The van der Waals surface area contributed by atoms with Crippen molar-refractivity contribution in [1.82, 2.24) is 14.8 Å². The molecule has 2 aliphatic rings. The molecule has 2 aromatic rings. The Morgan fingerprint density at radius 1 is 1.13 bits per heavy atom. The van der Waals surface area contributed by atoms with Crippen LogP contribution in [-0.2, 0) is 6.54 Å². The molecule has 0 atom stereocenters. The summed E-state index contributed by atoms with van der Waals surface area (Å²) >= 11 is 1.40. The highest BCUT2D eigenvalue weighted by atomic mass is 32.1. The molecule has 3 amide bonds. The number of thiazole rings is 1. The van der Waals surface area contributed by atoms with Crippen LogP contribution in [0.5, 0.6) is 0 Å². The monoisotopic (exact) mass is 426 g/mol. The normalized spacial score (nSPS) is 16.8. The first kappa shape index (κ1) is 20.7. The zero-order chi connectivity index (χ0) is 21.1. The van der Waals surface area contributed by atoms with Crippen LogP contribution in [0.3, 0.4) is 0 Å². The van der Waals surface area contributed by atoms with E-state index in [9.17, 15) is 14.4 Å². The quantitative estimate of drug-likeness (QED) is 0.682. The number of carbonyl (C=O) groups is 3. The lowest BCUT2D eigenvalue weighted by molar-refractivity contribution is 0.0652. The van der Waals surface area contributed by atoms with Gasteiger partial charge in [-0.3, -0.25) is 29.5 Å². The molecule has 0 saturated carbocycles. The van der Waals surface area contributed by atoms with Gasteiger partial charge < -0.3 is 0 Å². The number of anilines is 1. The van der Waals surface area contributed by atoms with E-state index in [0.717, 1.165) is 38.2 Å². The van der Waals surface area contributed by atoms with Crippen molar-refractivity contribution in [3.63, 3.8) is 0 Å². The molecule has 1 fully saturated rings. The van der Waals surface area contributed by atoms with E-state index in [-0.39, 0.29) is 17.7 Å². The smallest absolute Gasteiger partial charge is 0.261 e. The summed E-state index contributed by atoms with van der Waals surface area (Å²) < 4.78 is 0. The van der Waals surface area contributed by atoms with Crippen LogP contribution in [0.1, 0.15) is 75.8 Å². The Kier molecular flexibility index (Phi) is 6.24. The first-order valence-corrected chi connectivity index (χ1v) is 11.4. The Hall–Kier alpha value is -2.58. The zero-order valence-corrected chi connectivity index (χ0v) is 18.0. The molecule has 0 unspecified atom stereocenters. The highest BCUT2D eigenvalue weighted by Gasteiger charge is 2.35. The van der Waals surface area contributed by atoms with Gasteiger partial charge in [0, 0.05) is 24.0 Å². The van der Waals surface area contributed by atoms with Crippen molar-refractivity contribution in [2.75, 3.05) is 25.0 Å². The molecule has 4 rings (SSSR count). The lowest BCUT2D eigenvalue weighted by Gasteiger charge is -2.25. The number of carbonyl (C=O) groups excluding carboxylic acids is 3. The maximum absolute atomic E-state index is 12.7. The molecule has 7 nitrogen and oxygen atoms in total. The topological polar surface area (TPSA) is 82.6 Å². The molecule has 2 aliphatic heterocycles. The van der Waals surface area contributed by atoms with Gasteiger partial charge in [0.1, 0.15) is 0 Å². The van der Waals surface area contributed by atoms with E-state index in [1.54, 1.807) is 12.1 Å². The molecule has 1 aromatic heterocycles. The Bertz CT molecular complexity index is 965. The number of amides is 3. The number of imide groups is 1. The van der Waals surface area contributed by atoms with Gasteiger partial charge in [0.25, 0.3) is 17.7 Å². The number of benzene rings is 1. The molecular formula is C22H26N4O3S. The van der Waals surface area contributed by atoms with Crippen LogP contribution in [0.2, 0.25) is 0 Å². The third-order valence-electron chi connectivity index (χ3n) is 5.57. The number of aromatic nitrogens is 1. The Balaban J connectivity index is 1.42. The first-order valence-electron chi connectivity index (χ1n) is 10.5. The minimum absolute atomic E-state index is 0.280. The average Bonchev–Trinajstić information content (AvgIpc) is 3.29. The number of rotatable bonds is 7. The summed E-state index contributed by atoms with van der Waals surface area (Å²) in [6.07, 6.45) is 5.41. The van der Waals surface area contributed by atoms with E-state index < -0.39 is 0 Å². The van der Waals surface area contributed by atoms with Crippen LogP contribution in [0.4, 0.5) is 5.13 Å². The molecule has 1 N–H and O–H groups in total. The maximum Gasteiger partial charge on any atom is 0.261 e. The van der Waals surface area contributed by atoms with E-state index >= 15 is 0 Å². The van der Waals surface area contributed by atoms with Crippen LogP contribution in [-0.4, -0.2) is 52.1 Å². The van der Waals surface area contributed by atoms with E-state index in [1.165, 1.54) is 41.6 Å². The lowest BCUT2D eigenvalue weighted by Crippen LogP contribution is -2.30. The van der Waals surface area contributed by atoms with Gasteiger partial charge in [0.15, 0.2) is 5.13 Å². The summed E-state index contributed by atoms with van der Waals surface area (Å²) in [5, 5.41) is 5.33. The largest absolute Gasteiger partial charge is 0.298 e. The number of likely N-dealkylation sites (tertiary alicyclic amines) is 1. The Morgan fingerprint density at radius 3 is 2.67 bits per heavy atom. The van der Waals surface area contributed by atoms with Crippen molar-refractivity contribution in [2.24, 2.45) is 0 Å². The van der Waals surface area contributed by atoms with Gasteiger partial charge in [-0.15, -0.1) is 11.3 Å². The number of piperidine rings is 1. The second kappa shape index (κ2) is 9.06. The van der Waals surface area contributed by atoms with Crippen LogP contribution in [0.15, 0.2) is 23.6 Å². The van der Waals surface area contributed by atoms with Crippen LogP contribution in [0.25, 0.3) is 0 Å². The summed E-state index contributed by atoms with van der Waals surface area (Å²) in [7, 11) is 0. The van der Waals surface area contributed by atoms with E-state index in [4.69, 9.17) is 0 Å². The van der Waals surface area contributed by atoms with Gasteiger partial charge in [-0.1, -0.05) is 19.8 Å². The van der Waals surface area contributed by atoms with Gasteiger partial charge in [-0.25, -0.2) is 4.98 Å². The van der Waals surface area contributed by atoms with Crippen molar-refractivity contribution < 1.29 is 14.4 Å². The number of nitrogens with one attached hydrogen (secondary N) is 1. The van der Waals surface area contributed by atoms with Crippen molar-refractivity contribution in [3.05, 3.63) is 46.0 Å². The van der Waals surface area contributed by atoms with Gasteiger partial charge in [0.05, 0.1) is 16.8 Å². The highest BCUT2D eigenvalue weighted by molar-refractivity contribution is 7.14. The molecule has 0 bridgehead atoms. The van der Waals surface area contributed by atoms with Crippen LogP contribution >= 0.6 is 11.3 Å². The van der Waals surface area contributed by atoms with Crippen molar-refractivity contribution in [2.45, 2.75) is 45.6 Å². The van der Waals surface area contributed by atoms with Gasteiger partial charge in [-0.05, 0) is 50.6 Å². The highest BCUT2D eigenvalue weighted by Crippen LogP contribution is 2.25. The molecule has 1 aromatic carbocycles. The summed E-state index contributed by atoms with van der Waals surface area (Å²) in [4.78, 5) is 45.9. The molecule has 30 heavy (non-hydrogen) atoms. The fraction of sp³-hybridized carbons (Fsp3) is 0.455. The van der Waals surface area contributed by atoms with Gasteiger partial charge in [-0.2, -0.15) is 0 Å². The average molecular weight is 427 g/mol. The number of unbranched alkanes of at least 4 members (excludes halogenated alkanes) is 1. The number of fused-ring (bicyclic) bond motifs is 1. The maximum atomic E-state index is 12.7. The SMILES string of the molecule is CCCCN1C(=O)c2ccc(C(=O)Nc3nc(CN4CCCCC4)cs3)cc2C1=O. The van der Waals surface area contributed by atoms with E-state index in [0.29, 0.717) is 28.4 Å². The summed E-state index contributed by atoms with van der Waals surface area (Å²) in [6, 6.07) is 4.67. The first-order chi connectivity index (χ1) is 14.6. The number of nitrogens with zero attached hydrogens (tertiary/aromatic N) is 3. The Labute approximate surface area is 180 Å². The predicted molar refractivity (Wildman–Crippen MR) is 116 cm³/mol. The van der Waals surface area contributed by atoms with E-state index in [1.807, 2.05) is 12.3 Å². The second-order valence-corrected chi connectivity index (χ2v) is 8.67. The van der Waals surface area contributed by atoms with Crippen LogP contribution < -0.4 is 5.32 Å². The number of hydrogen-bond donors (Lipinski definition) is 1. The molecule has 8 heteroatoms. The third-order valence-corrected chi connectivity index (χ3v) is 6.38. The molecule has 1 saturated heterocycles. The zero-order valence-electron chi connectivity index (χ0n) is 17.1. The van der Waals surface area contributed by atoms with Crippen molar-refractivity contribution in [1.29, 1.82) is 0 Å².